The number of benzene rings is 2. The Hall–Kier alpha value is -2.06. The molecule has 2 nitrogen and oxygen atoms in total. The van der Waals surface area contributed by atoms with Crippen LogP contribution in [0.15, 0.2) is 46.9 Å². The van der Waals surface area contributed by atoms with Crippen LogP contribution in [0.4, 0.5) is 0 Å². The lowest BCUT2D eigenvalue weighted by molar-refractivity contribution is 0.266. The number of nitrogens with zero attached hydrogens (tertiary/aromatic N) is 1. The van der Waals surface area contributed by atoms with E-state index < -0.39 is 0 Å². The third-order valence-electron chi connectivity index (χ3n) is 6.09. The van der Waals surface area contributed by atoms with Crippen molar-refractivity contribution in [2.45, 2.75) is 51.0 Å². The summed E-state index contributed by atoms with van der Waals surface area (Å²) < 4.78 is 6.11. The fraction of sp³-hybridized carbons (Fsp3) is 0.417. The van der Waals surface area contributed by atoms with Gasteiger partial charge in [-0.2, -0.15) is 0 Å². The van der Waals surface area contributed by atoms with Crippen molar-refractivity contribution >= 4 is 11.0 Å². The van der Waals surface area contributed by atoms with E-state index in [-0.39, 0.29) is 0 Å². The minimum absolute atomic E-state index is 0.712. The second-order valence-corrected chi connectivity index (χ2v) is 8.01. The Morgan fingerprint density at radius 2 is 2.08 bits per heavy atom. The number of furan rings is 1. The van der Waals surface area contributed by atoms with E-state index in [1.165, 1.54) is 54.3 Å². The summed E-state index contributed by atoms with van der Waals surface area (Å²) in [5.41, 5.74) is 5.02. The fourth-order valence-electron chi connectivity index (χ4n) is 4.38. The molecule has 1 atom stereocenters. The molecule has 1 aliphatic carbocycles. The minimum atomic E-state index is 0.712. The Morgan fingerprint density at radius 3 is 2.88 bits per heavy atom. The molecule has 1 saturated heterocycles. The van der Waals surface area contributed by atoms with Gasteiger partial charge in [0.2, 0.25) is 0 Å². The van der Waals surface area contributed by atoms with E-state index in [0.717, 1.165) is 30.4 Å². The maximum Gasteiger partial charge on any atom is 0.134 e. The zero-order valence-corrected chi connectivity index (χ0v) is 15.5. The van der Waals surface area contributed by atoms with Gasteiger partial charge >= 0.3 is 0 Å². The van der Waals surface area contributed by atoms with Gasteiger partial charge in [-0.15, -0.1) is 0 Å². The van der Waals surface area contributed by atoms with Crippen LogP contribution in [0.5, 0.6) is 0 Å². The van der Waals surface area contributed by atoms with Crippen molar-refractivity contribution in [3.63, 3.8) is 0 Å². The molecule has 0 N–H and O–H groups in total. The lowest BCUT2D eigenvalue weighted by atomic mass is 9.96. The molecule has 1 aliphatic heterocycles. The van der Waals surface area contributed by atoms with Crippen LogP contribution in [-0.2, 0) is 6.42 Å². The van der Waals surface area contributed by atoms with Gasteiger partial charge in [0.05, 0.1) is 0 Å². The van der Waals surface area contributed by atoms with Gasteiger partial charge in [0.1, 0.15) is 11.3 Å². The van der Waals surface area contributed by atoms with Crippen molar-refractivity contribution in [1.82, 2.24) is 4.90 Å². The topological polar surface area (TPSA) is 16.4 Å². The summed E-state index contributed by atoms with van der Waals surface area (Å²) >= 11 is 0. The number of rotatable bonds is 5. The minimum Gasteiger partial charge on any atom is -0.461 e. The summed E-state index contributed by atoms with van der Waals surface area (Å²) in [5.74, 6) is 1.82. The first-order chi connectivity index (χ1) is 12.8. The van der Waals surface area contributed by atoms with Gasteiger partial charge in [-0.1, -0.05) is 24.3 Å². The zero-order valence-electron chi connectivity index (χ0n) is 15.5. The summed E-state index contributed by atoms with van der Waals surface area (Å²) in [7, 11) is 0. The average molecular weight is 344 g/mol. The molecule has 5 rings (SSSR count). The van der Waals surface area contributed by atoms with Gasteiger partial charge in [0, 0.05) is 24.4 Å². The van der Waals surface area contributed by atoms with E-state index in [2.05, 4.69) is 54.3 Å². The van der Waals surface area contributed by atoms with Crippen molar-refractivity contribution < 1.29 is 4.42 Å². The molecular formula is C24H26NO. The van der Waals surface area contributed by atoms with Crippen LogP contribution in [0.3, 0.4) is 0 Å². The number of fused-ring (bicyclic) bond motifs is 1. The van der Waals surface area contributed by atoms with E-state index in [9.17, 15) is 0 Å². The monoisotopic (exact) mass is 344 g/mol. The van der Waals surface area contributed by atoms with Crippen LogP contribution in [-0.4, -0.2) is 24.0 Å². The average Bonchev–Trinajstić information content (AvgIpc) is 3.31. The molecule has 2 fully saturated rings. The van der Waals surface area contributed by atoms with Crippen molar-refractivity contribution in [2.75, 3.05) is 13.1 Å². The molecule has 1 radical (unpaired) electrons. The van der Waals surface area contributed by atoms with Gasteiger partial charge in [-0.25, -0.2) is 0 Å². The molecule has 0 bridgehead atoms. The van der Waals surface area contributed by atoms with Crippen molar-refractivity contribution in [3.8, 4) is 11.1 Å². The molecule has 26 heavy (non-hydrogen) atoms. The highest BCUT2D eigenvalue weighted by molar-refractivity contribution is 5.85. The smallest absolute Gasteiger partial charge is 0.134 e. The summed E-state index contributed by atoms with van der Waals surface area (Å²) in [6.07, 6.45) is 6.28. The quantitative estimate of drug-likeness (QED) is 0.581. The van der Waals surface area contributed by atoms with E-state index in [0.29, 0.717) is 5.92 Å². The number of hydrogen-bond donors (Lipinski definition) is 0. The van der Waals surface area contributed by atoms with Crippen LogP contribution >= 0.6 is 0 Å². The zero-order chi connectivity index (χ0) is 17.5. The predicted molar refractivity (Wildman–Crippen MR) is 106 cm³/mol. The molecule has 0 amide bonds. The molecule has 2 heteroatoms. The Bertz CT molecular complexity index is 921. The first-order valence-electron chi connectivity index (χ1n) is 10.1. The van der Waals surface area contributed by atoms with Gasteiger partial charge in [0.25, 0.3) is 0 Å². The van der Waals surface area contributed by atoms with E-state index in [1.54, 1.807) is 0 Å². The standard InChI is InChI=1S/C24H26NO/c1-17-5-4-13-25(17)14-12-21-16-20-15-19(10-11-24(20)26-21)23-7-3-2-6-22(23)18-8-9-18/h2-3,7,10-11,15-18H,4-5,8-9,12-14H2,1H3/t17-/m1/s1. The second kappa shape index (κ2) is 6.59. The van der Waals surface area contributed by atoms with Gasteiger partial charge in [0.15, 0.2) is 0 Å². The summed E-state index contributed by atoms with van der Waals surface area (Å²) in [6, 6.07) is 19.4. The maximum atomic E-state index is 6.11. The molecule has 2 aromatic carbocycles. The Labute approximate surface area is 155 Å². The lowest BCUT2D eigenvalue weighted by Crippen LogP contribution is -2.28. The molecule has 1 saturated carbocycles. The maximum absolute atomic E-state index is 6.11. The Morgan fingerprint density at radius 1 is 1.15 bits per heavy atom. The highest BCUT2D eigenvalue weighted by Gasteiger charge is 2.26. The molecule has 2 aliphatic rings. The first-order valence-corrected chi connectivity index (χ1v) is 10.1. The largest absolute Gasteiger partial charge is 0.461 e. The third-order valence-corrected chi connectivity index (χ3v) is 6.09. The highest BCUT2D eigenvalue weighted by Crippen LogP contribution is 2.44. The summed E-state index contributed by atoms with van der Waals surface area (Å²) in [6.45, 7) is 4.68. The molecule has 3 aromatic rings. The van der Waals surface area contributed by atoms with Gasteiger partial charge in [-0.3, -0.25) is 0 Å². The normalized spacial score (nSPS) is 20.9. The van der Waals surface area contributed by atoms with Gasteiger partial charge < -0.3 is 9.32 Å². The second-order valence-electron chi connectivity index (χ2n) is 8.01. The van der Waals surface area contributed by atoms with Crippen LogP contribution in [0.1, 0.15) is 49.8 Å². The van der Waals surface area contributed by atoms with Gasteiger partial charge in [-0.05, 0) is 86.0 Å². The van der Waals surface area contributed by atoms with E-state index in [1.807, 2.05) is 6.07 Å². The van der Waals surface area contributed by atoms with Crippen molar-refractivity contribution in [3.05, 3.63) is 59.9 Å². The summed E-state index contributed by atoms with van der Waals surface area (Å²) in [5, 5.41) is 1.22. The van der Waals surface area contributed by atoms with Crippen molar-refractivity contribution in [1.29, 1.82) is 0 Å². The SMILES string of the molecule is C[C@@H]1CCCN1CCc1cc2cc(-c3ccc[c]c3C3CC3)ccc2o1. The Kier molecular flexibility index (Phi) is 4.09. The molecular weight excluding hydrogens is 318 g/mol. The number of likely N-dealkylation sites (tertiary alicyclic amines) is 1. The van der Waals surface area contributed by atoms with Crippen molar-refractivity contribution in [2.24, 2.45) is 0 Å². The van der Waals surface area contributed by atoms with E-state index >= 15 is 0 Å². The summed E-state index contributed by atoms with van der Waals surface area (Å²) in [4.78, 5) is 2.58. The third kappa shape index (κ3) is 3.07. The highest BCUT2D eigenvalue weighted by atomic mass is 16.3. The van der Waals surface area contributed by atoms with E-state index in [4.69, 9.17) is 4.42 Å². The van der Waals surface area contributed by atoms with Crippen LogP contribution in [0, 0.1) is 6.07 Å². The van der Waals surface area contributed by atoms with Crippen LogP contribution < -0.4 is 0 Å². The molecule has 0 spiro atoms. The molecule has 1 aromatic heterocycles. The fourth-order valence-corrected chi connectivity index (χ4v) is 4.38. The molecule has 0 unspecified atom stereocenters. The first kappa shape index (κ1) is 16.1. The number of hydrogen-bond acceptors (Lipinski definition) is 2. The van der Waals surface area contributed by atoms with Crippen LogP contribution in [0.25, 0.3) is 22.1 Å². The van der Waals surface area contributed by atoms with Crippen LogP contribution in [0.2, 0.25) is 0 Å². The Balaban J connectivity index is 1.40. The lowest BCUT2D eigenvalue weighted by Gasteiger charge is -2.19. The molecule has 133 valence electrons. The molecule has 2 heterocycles. The predicted octanol–water partition coefficient (Wildman–Crippen LogP) is 5.80.